The first-order chi connectivity index (χ1) is 8.90. The van der Waals surface area contributed by atoms with Gasteiger partial charge in [-0.05, 0) is 42.3 Å². The summed E-state index contributed by atoms with van der Waals surface area (Å²) in [5.41, 5.74) is 7.62. The van der Waals surface area contributed by atoms with Gasteiger partial charge in [0.05, 0.1) is 10.6 Å². The number of rotatable bonds is 3. The van der Waals surface area contributed by atoms with Gasteiger partial charge in [-0.2, -0.15) is 0 Å². The summed E-state index contributed by atoms with van der Waals surface area (Å²) in [5, 5.41) is 0. The van der Waals surface area contributed by atoms with Gasteiger partial charge >= 0.3 is 0 Å². The SMILES string of the molecule is Cc1c(N)cccc1S(=O)(=O)Cc1ccc(Br)cc1. The maximum Gasteiger partial charge on any atom is 0.182 e. The zero-order valence-electron chi connectivity index (χ0n) is 10.4. The second-order valence-corrected chi connectivity index (χ2v) is 7.23. The van der Waals surface area contributed by atoms with E-state index in [-0.39, 0.29) is 5.75 Å². The van der Waals surface area contributed by atoms with Crippen LogP contribution in [0.25, 0.3) is 0 Å². The Labute approximate surface area is 121 Å². The Morgan fingerprint density at radius 1 is 1.11 bits per heavy atom. The van der Waals surface area contributed by atoms with Crippen LogP contribution in [0.5, 0.6) is 0 Å². The number of hydrogen-bond acceptors (Lipinski definition) is 3. The van der Waals surface area contributed by atoms with E-state index in [1.807, 2.05) is 12.1 Å². The highest BCUT2D eigenvalue weighted by atomic mass is 79.9. The van der Waals surface area contributed by atoms with Crippen LogP contribution in [-0.2, 0) is 15.6 Å². The molecule has 0 atom stereocenters. The van der Waals surface area contributed by atoms with E-state index in [0.29, 0.717) is 16.1 Å². The molecule has 3 nitrogen and oxygen atoms in total. The Bertz CT molecular complexity index is 694. The van der Waals surface area contributed by atoms with Gasteiger partial charge in [-0.25, -0.2) is 8.42 Å². The Morgan fingerprint density at radius 2 is 1.74 bits per heavy atom. The first-order valence-electron chi connectivity index (χ1n) is 5.72. The Hall–Kier alpha value is -1.33. The van der Waals surface area contributed by atoms with Crippen LogP contribution in [0.1, 0.15) is 11.1 Å². The van der Waals surface area contributed by atoms with E-state index < -0.39 is 9.84 Å². The molecule has 0 unspecified atom stereocenters. The number of benzene rings is 2. The van der Waals surface area contributed by atoms with Gasteiger partial charge in [0.1, 0.15) is 0 Å². The molecule has 0 aromatic heterocycles. The van der Waals surface area contributed by atoms with Gasteiger partial charge in [0.15, 0.2) is 9.84 Å². The summed E-state index contributed by atoms with van der Waals surface area (Å²) in [6.45, 7) is 1.73. The van der Waals surface area contributed by atoms with Gasteiger partial charge in [-0.3, -0.25) is 0 Å². The largest absolute Gasteiger partial charge is 0.398 e. The molecule has 0 amide bonds. The fourth-order valence-corrected chi connectivity index (χ4v) is 3.77. The topological polar surface area (TPSA) is 60.2 Å². The molecule has 0 aliphatic carbocycles. The second-order valence-electron chi connectivity index (χ2n) is 4.36. The van der Waals surface area contributed by atoms with Crippen LogP contribution in [0, 0.1) is 6.92 Å². The zero-order chi connectivity index (χ0) is 14.0. The molecule has 0 bridgehead atoms. The number of halogens is 1. The molecule has 0 radical (unpaired) electrons. The van der Waals surface area contributed by atoms with Crippen LogP contribution in [0.15, 0.2) is 51.8 Å². The summed E-state index contributed by atoms with van der Waals surface area (Å²) in [6.07, 6.45) is 0. The minimum Gasteiger partial charge on any atom is -0.398 e. The van der Waals surface area contributed by atoms with Crippen LogP contribution in [0.3, 0.4) is 0 Å². The molecule has 0 saturated heterocycles. The van der Waals surface area contributed by atoms with Crippen LogP contribution in [0.4, 0.5) is 5.69 Å². The van der Waals surface area contributed by atoms with E-state index in [2.05, 4.69) is 15.9 Å². The van der Waals surface area contributed by atoms with Crippen molar-refractivity contribution in [2.75, 3.05) is 5.73 Å². The zero-order valence-corrected chi connectivity index (χ0v) is 12.8. The molecule has 2 N–H and O–H groups in total. The van der Waals surface area contributed by atoms with Crippen molar-refractivity contribution in [3.8, 4) is 0 Å². The first-order valence-corrected chi connectivity index (χ1v) is 8.17. The molecule has 0 fully saturated rings. The lowest BCUT2D eigenvalue weighted by atomic mass is 10.2. The van der Waals surface area contributed by atoms with E-state index in [0.717, 1.165) is 10.0 Å². The maximum atomic E-state index is 12.4. The molecule has 0 spiro atoms. The highest BCUT2D eigenvalue weighted by Gasteiger charge is 2.18. The van der Waals surface area contributed by atoms with E-state index in [9.17, 15) is 8.42 Å². The minimum absolute atomic E-state index is 0.0232. The summed E-state index contributed by atoms with van der Waals surface area (Å²) in [4.78, 5) is 0.301. The molecule has 2 aromatic carbocycles. The molecule has 0 aliphatic heterocycles. The molecule has 19 heavy (non-hydrogen) atoms. The molecule has 0 heterocycles. The highest BCUT2D eigenvalue weighted by molar-refractivity contribution is 9.10. The number of anilines is 1. The van der Waals surface area contributed by atoms with Crippen molar-refractivity contribution in [2.24, 2.45) is 0 Å². The molecule has 100 valence electrons. The minimum atomic E-state index is -3.37. The van der Waals surface area contributed by atoms with E-state index in [1.54, 1.807) is 37.3 Å². The Morgan fingerprint density at radius 3 is 2.37 bits per heavy atom. The van der Waals surface area contributed by atoms with Crippen molar-refractivity contribution in [3.63, 3.8) is 0 Å². The maximum absolute atomic E-state index is 12.4. The van der Waals surface area contributed by atoms with Crippen LogP contribution < -0.4 is 5.73 Å². The van der Waals surface area contributed by atoms with Crippen molar-refractivity contribution in [1.29, 1.82) is 0 Å². The Kier molecular flexibility index (Phi) is 3.96. The lowest BCUT2D eigenvalue weighted by Gasteiger charge is -2.09. The highest BCUT2D eigenvalue weighted by Crippen LogP contribution is 2.24. The fourth-order valence-electron chi connectivity index (χ4n) is 1.85. The Balaban J connectivity index is 2.38. The third kappa shape index (κ3) is 3.16. The average Bonchev–Trinajstić information content (AvgIpc) is 2.35. The fraction of sp³-hybridized carbons (Fsp3) is 0.143. The van der Waals surface area contributed by atoms with Gasteiger partial charge in [0.2, 0.25) is 0 Å². The second kappa shape index (κ2) is 5.35. The first kappa shape index (κ1) is 14.1. The van der Waals surface area contributed by atoms with Crippen LogP contribution in [-0.4, -0.2) is 8.42 Å². The van der Waals surface area contributed by atoms with Gasteiger partial charge in [0.25, 0.3) is 0 Å². The lowest BCUT2D eigenvalue weighted by molar-refractivity contribution is 0.594. The molecular formula is C14H14BrNO2S. The summed E-state index contributed by atoms with van der Waals surface area (Å²) in [5.74, 6) is -0.0232. The summed E-state index contributed by atoms with van der Waals surface area (Å²) in [6, 6.07) is 12.2. The standard InChI is InChI=1S/C14H14BrNO2S/c1-10-13(16)3-2-4-14(10)19(17,18)9-11-5-7-12(15)8-6-11/h2-8H,9,16H2,1H3. The van der Waals surface area contributed by atoms with Gasteiger partial charge in [-0.1, -0.05) is 34.1 Å². The summed E-state index contributed by atoms with van der Waals surface area (Å²) in [7, 11) is -3.37. The number of sulfone groups is 1. The van der Waals surface area contributed by atoms with Crippen LogP contribution >= 0.6 is 15.9 Å². The quantitative estimate of drug-likeness (QED) is 0.872. The van der Waals surface area contributed by atoms with Gasteiger partial charge in [0, 0.05) is 10.2 Å². The summed E-state index contributed by atoms with van der Waals surface area (Å²) >= 11 is 3.33. The predicted molar refractivity (Wildman–Crippen MR) is 80.6 cm³/mol. The number of nitrogen functional groups attached to an aromatic ring is 1. The predicted octanol–water partition coefficient (Wildman–Crippen LogP) is 3.31. The van der Waals surface area contributed by atoms with Gasteiger partial charge < -0.3 is 5.73 Å². The van der Waals surface area contributed by atoms with Crippen LogP contribution in [0.2, 0.25) is 0 Å². The lowest BCUT2D eigenvalue weighted by Crippen LogP contribution is -2.08. The molecule has 0 aliphatic rings. The van der Waals surface area contributed by atoms with Gasteiger partial charge in [-0.15, -0.1) is 0 Å². The molecular weight excluding hydrogens is 326 g/mol. The molecule has 0 saturated carbocycles. The normalized spacial score (nSPS) is 11.5. The van der Waals surface area contributed by atoms with Crippen molar-refractivity contribution in [2.45, 2.75) is 17.6 Å². The third-order valence-corrected chi connectivity index (χ3v) is 5.29. The number of nitrogens with two attached hydrogens (primary N) is 1. The van der Waals surface area contributed by atoms with Crippen molar-refractivity contribution in [3.05, 3.63) is 58.1 Å². The monoisotopic (exact) mass is 339 g/mol. The number of hydrogen-bond donors (Lipinski definition) is 1. The molecule has 2 aromatic rings. The third-order valence-electron chi connectivity index (χ3n) is 2.93. The molecule has 2 rings (SSSR count). The summed E-state index contributed by atoms with van der Waals surface area (Å²) < 4.78 is 25.7. The molecule has 5 heteroatoms. The average molecular weight is 340 g/mol. The van der Waals surface area contributed by atoms with E-state index in [4.69, 9.17) is 5.73 Å². The van der Waals surface area contributed by atoms with E-state index in [1.165, 1.54) is 0 Å². The van der Waals surface area contributed by atoms with Crippen molar-refractivity contribution >= 4 is 31.5 Å². The van der Waals surface area contributed by atoms with Crippen molar-refractivity contribution in [1.82, 2.24) is 0 Å². The smallest absolute Gasteiger partial charge is 0.182 e. The van der Waals surface area contributed by atoms with Crippen molar-refractivity contribution < 1.29 is 8.42 Å². The van der Waals surface area contributed by atoms with E-state index >= 15 is 0 Å².